The summed E-state index contributed by atoms with van der Waals surface area (Å²) >= 11 is 0. The molecule has 32 heavy (non-hydrogen) atoms. The van der Waals surface area contributed by atoms with E-state index >= 15 is 0 Å². The lowest BCUT2D eigenvalue weighted by Crippen LogP contribution is -2.39. The Labute approximate surface area is 189 Å². The number of carbonyl (C=O) groups excluding carboxylic acids is 1. The van der Waals surface area contributed by atoms with E-state index in [9.17, 15) is 9.90 Å². The second-order valence-corrected chi connectivity index (χ2v) is 8.58. The molecule has 2 aromatic carbocycles. The van der Waals surface area contributed by atoms with E-state index in [0.717, 1.165) is 58.5 Å². The van der Waals surface area contributed by atoms with Gasteiger partial charge >= 0.3 is 0 Å². The zero-order valence-corrected chi connectivity index (χ0v) is 19.0. The summed E-state index contributed by atoms with van der Waals surface area (Å²) in [6, 6.07) is 16.1. The van der Waals surface area contributed by atoms with Gasteiger partial charge in [0, 0.05) is 44.1 Å². The van der Waals surface area contributed by atoms with E-state index < -0.39 is 0 Å². The topological polar surface area (TPSA) is 65.9 Å². The predicted octanol–water partition coefficient (Wildman–Crippen LogP) is 4.06. The van der Waals surface area contributed by atoms with Gasteiger partial charge in [-0.1, -0.05) is 30.3 Å². The van der Waals surface area contributed by atoms with Crippen LogP contribution in [0.1, 0.15) is 36.5 Å². The number of pyridine rings is 1. The Kier molecular flexibility index (Phi) is 6.61. The van der Waals surface area contributed by atoms with Crippen LogP contribution in [0.2, 0.25) is 0 Å². The number of amides is 1. The van der Waals surface area contributed by atoms with Crippen molar-refractivity contribution >= 4 is 22.6 Å². The number of benzene rings is 2. The molecule has 6 heteroatoms. The van der Waals surface area contributed by atoms with E-state index in [0.29, 0.717) is 19.6 Å². The van der Waals surface area contributed by atoms with Crippen molar-refractivity contribution in [3.05, 3.63) is 65.2 Å². The molecular weight excluding hydrogens is 402 g/mol. The van der Waals surface area contributed by atoms with Crippen molar-refractivity contribution in [1.29, 1.82) is 0 Å². The molecule has 0 unspecified atom stereocenters. The molecule has 0 aliphatic carbocycles. The van der Waals surface area contributed by atoms with Crippen LogP contribution in [0.5, 0.6) is 5.75 Å². The summed E-state index contributed by atoms with van der Waals surface area (Å²) in [5.74, 6) is 1.67. The Hall–Kier alpha value is -3.12. The molecule has 0 spiro atoms. The molecule has 1 saturated heterocycles. The number of aliphatic hydroxyl groups excluding tert-OH is 1. The van der Waals surface area contributed by atoms with Crippen LogP contribution in [0.4, 0.5) is 5.82 Å². The van der Waals surface area contributed by atoms with Crippen molar-refractivity contribution in [3.8, 4) is 5.75 Å². The van der Waals surface area contributed by atoms with Gasteiger partial charge in [-0.25, -0.2) is 4.98 Å². The average Bonchev–Trinajstić information content (AvgIpc) is 2.79. The lowest BCUT2D eigenvalue weighted by Gasteiger charge is -2.33. The van der Waals surface area contributed by atoms with Crippen LogP contribution in [0.3, 0.4) is 0 Å². The van der Waals surface area contributed by atoms with Crippen LogP contribution >= 0.6 is 0 Å². The lowest BCUT2D eigenvalue weighted by atomic mass is 10.0. The Balaban J connectivity index is 1.69. The molecular formula is C26H31N3O3. The van der Waals surface area contributed by atoms with Gasteiger partial charge in [0.15, 0.2) is 0 Å². The highest BCUT2D eigenvalue weighted by atomic mass is 16.5. The van der Waals surface area contributed by atoms with Crippen LogP contribution in [-0.2, 0) is 17.9 Å². The summed E-state index contributed by atoms with van der Waals surface area (Å²) in [5, 5.41) is 11.3. The van der Waals surface area contributed by atoms with E-state index in [-0.39, 0.29) is 12.0 Å². The first kappa shape index (κ1) is 22.1. The van der Waals surface area contributed by atoms with Gasteiger partial charge in [-0.05, 0) is 49.1 Å². The van der Waals surface area contributed by atoms with Gasteiger partial charge in [0.2, 0.25) is 5.91 Å². The lowest BCUT2D eigenvalue weighted by molar-refractivity contribution is -0.130. The van der Waals surface area contributed by atoms with Crippen LogP contribution in [0.25, 0.3) is 10.9 Å². The molecule has 0 saturated carbocycles. The van der Waals surface area contributed by atoms with Crippen LogP contribution in [0, 0.1) is 6.92 Å². The molecule has 1 fully saturated rings. The maximum atomic E-state index is 12.6. The molecule has 2 heterocycles. The van der Waals surface area contributed by atoms with Gasteiger partial charge in [-0.2, -0.15) is 0 Å². The number of rotatable bonds is 6. The first-order valence-corrected chi connectivity index (χ1v) is 11.2. The van der Waals surface area contributed by atoms with Crippen molar-refractivity contribution in [3.63, 3.8) is 0 Å². The standard InChI is InChI=1S/C26H31N3O3/c1-18-6-4-7-21-14-22(26(27-25(18)21)28-13-5-8-23(31)17-28)16-29(19(2)30)15-20-9-11-24(32-3)12-10-20/h4,6-7,9-12,14,23,31H,5,8,13,15-17H2,1-3H3/t23-/m0/s1. The maximum Gasteiger partial charge on any atom is 0.220 e. The first-order valence-electron chi connectivity index (χ1n) is 11.2. The Morgan fingerprint density at radius 2 is 2.00 bits per heavy atom. The zero-order chi connectivity index (χ0) is 22.7. The van der Waals surface area contributed by atoms with Gasteiger partial charge < -0.3 is 19.6 Å². The molecule has 1 amide bonds. The molecule has 4 rings (SSSR count). The third-order valence-electron chi connectivity index (χ3n) is 6.14. The number of hydrogen-bond donors (Lipinski definition) is 1. The fourth-order valence-electron chi connectivity index (χ4n) is 4.35. The minimum atomic E-state index is -0.353. The highest BCUT2D eigenvalue weighted by molar-refractivity contribution is 5.85. The van der Waals surface area contributed by atoms with E-state index in [2.05, 4.69) is 30.0 Å². The number of hydrogen-bond acceptors (Lipinski definition) is 5. The van der Waals surface area contributed by atoms with Crippen molar-refractivity contribution in [2.24, 2.45) is 0 Å². The van der Waals surface area contributed by atoms with Gasteiger partial charge in [0.05, 0.1) is 18.7 Å². The maximum absolute atomic E-state index is 12.6. The van der Waals surface area contributed by atoms with Crippen LogP contribution in [-0.4, -0.2) is 47.2 Å². The van der Waals surface area contributed by atoms with Gasteiger partial charge in [0.25, 0.3) is 0 Å². The number of aliphatic hydroxyl groups is 1. The van der Waals surface area contributed by atoms with Crippen molar-refractivity contribution < 1.29 is 14.6 Å². The minimum absolute atomic E-state index is 0.00906. The molecule has 1 aliphatic heterocycles. The second-order valence-electron chi connectivity index (χ2n) is 8.58. The summed E-state index contributed by atoms with van der Waals surface area (Å²) in [7, 11) is 1.64. The summed E-state index contributed by atoms with van der Waals surface area (Å²) in [4.78, 5) is 21.6. The number of anilines is 1. The number of ether oxygens (including phenoxy) is 1. The Bertz CT molecular complexity index is 1100. The van der Waals surface area contributed by atoms with Gasteiger partial charge in [-0.15, -0.1) is 0 Å². The van der Waals surface area contributed by atoms with Crippen LogP contribution < -0.4 is 9.64 Å². The van der Waals surface area contributed by atoms with E-state index in [1.165, 1.54) is 0 Å². The number of carbonyl (C=O) groups is 1. The third-order valence-corrected chi connectivity index (χ3v) is 6.14. The Morgan fingerprint density at radius 3 is 2.69 bits per heavy atom. The molecule has 0 bridgehead atoms. The SMILES string of the molecule is COc1ccc(CN(Cc2cc3cccc(C)c3nc2N2CCC[C@H](O)C2)C(C)=O)cc1. The zero-order valence-electron chi connectivity index (χ0n) is 19.0. The molecule has 1 aromatic heterocycles. The van der Waals surface area contributed by atoms with Crippen molar-refractivity contribution in [2.45, 2.75) is 45.9 Å². The molecule has 6 nitrogen and oxygen atoms in total. The normalized spacial score (nSPS) is 16.2. The van der Waals surface area contributed by atoms with E-state index in [1.807, 2.05) is 35.2 Å². The number of piperidine rings is 1. The van der Waals surface area contributed by atoms with E-state index in [4.69, 9.17) is 9.72 Å². The number of aryl methyl sites for hydroxylation is 1. The molecule has 1 N–H and O–H groups in total. The first-order chi connectivity index (χ1) is 15.4. The minimum Gasteiger partial charge on any atom is -0.497 e. The highest BCUT2D eigenvalue weighted by Crippen LogP contribution is 2.29. The van der Waals surface area contributed by atoms with Gasteiger partial charge in [0.1, 0.15) is 11.6 Å². The fourth-order valence-corrected chi connectivity index (χ4v) is 4.35. The van der Waals surface area contributed by atoms with Crippen molar-refractivity contribution in [1.82, 2.24) is 9.88 Å². The monoisotopic (exact) mass is 433 g/mol. The summed E-state index contributed by atoms with van der Waals surface area (Å²) < 4.78 is 5.24. The smallest absolute Gasteiger partial charge is 0.220 e. The summed E-state index contributed by atoms with van der Waals surface area (Å²) in [6.07, 6.45) is 1.39. The van der Waals surface area contributed by atoms with E-state index in [1.54, 1.807) is 14.0 Å². The number of para-hydroxylation sites is 1. The number of methoxy groups -OCH3 is 1. The Morgan fingerprint density at radius 1 is 1.22 bits per heavy atom. The molecule has 3 aromatic rings. The number of β-amino-alcohol motifs (C(OH)–C–C–N with tert-alkyl or cyclic N) is 1. The third kappa shape index (κ3) is 4.86. The summed E-state index contributed by atoms with van der Waals surface area (Å²) in [6.45, 7) is 6.05. The largest absolute Gasteiger partial charge is 0.497 e. The van der Waals surface area contributed by atoms with Gasteiger partial charge in [-0.3, -0.25) is 4.79 Å². The van der Waals surface area contributed by atoms with Crippen LogP contribution in [0.15, 0.2) is 48.5 Å². The molecule has 1 aliphatic rings. The highest BCUT2D eigenvalue weighted by Gasteiger charge is 2.23. The number of fused-ring (bicyclic) bond motifs is 1. The molecule has 0 radical (unpaired) electrons. The molecule has 168 valence electrons. The average molecular weight is 434 g/mol. The predicted molar refractivity (Wildman–Crippen MR) is 127 cm³/mol. The second kappa shape index (κ2) is 9.57. The summed E-state index contributed by atoms with van der Waals surface area (Å²) in [5.41, 5.74) is 4.13. The quantitative estimate of drug-likeness (QED) is 0.635. The fraction of sp³-hybridized carbons (Fsp3) is 0.385. The number of nitrogens with zero attached hydrogens (tertiary/aromatic N) is 3. The number of aromatic nitrogens is 1. The van der Waals surface area contributed by atoms with Crippen molar-refractivity contribution in [2.75, 3.05) is 25.1 Å². The molecule has 1 atom stereocenters.